The second kappa shape index (κ2) is 7.71. The Morgan fingerprint density at radius 1 is 1.17 bits per heavy atom. The van der Waals surface area contributed by atoms with Gasteiger partial charge in [0.2, 0.25) is 0 Å². The lowest BCUT2D eigenvalue weighted by atomic mass is 10.3. The Hall–Kier alpha value is -2.00. The fourth-order valence-corrected chi connectivity index (χ4v) is 2.53. The third kappa shape index (κ3) is 5.89. The first-order valence-corrected chi connectivity index (χ1v) is 8.66. The van der Waals surface area contributed by atoms with Crippen LogP contribution in [0.15, 0.2) is 42.5 Å². The van der Waals surface area contributed by atoms with E-state index in [1.54, 1.807) is 18.2 Å². The summed E-state index contributed by atoms with van der Waals surface area (Å²) in [4.78, 5) is 11.9. The normalized spacial score (nSPS) is 11.0. The molecule has 3 N–H and O–H groups in total. The minimum atomic E-state index is -4.14. The van der Waals surface area contributed by atoms with Crippen molar-refractivity contribution in [1.29, 1.82) is 0 Å². The number of hydrogen-bond acceptors (Lipinski definition) is 5. The fourth-order valence-electron chi connectivity index (χ4n) is 1.69. The lowest BCUT2D eigenvalue weighted by Crippen LogP contribution is -2.21. The molecule has 1 amide bonds. The van der Waals surface area contributed by atoms with Crippen LogP contribution < -0.4 is 19.4 Å². The third-order valence-electron chi connectivity index (χ3n) is 2.58. The number of amides is 1. The maximum absolute atomic E-state index is 11.9. The molecule has 0 atom stereocenters. The van der Waals surface area contributed by atoms with Gasteiger partial charge in [0.1, 0.15) is 11.5 Å². The van der Waals surface area contributed by atoms with E-state index in [9.17, 15) is 13.2 Å². The highest BCUT2D eigenvalue weighted by molar-refractivity contribution is 7.84. The Morgan fingerprint density at radius 2 is 1.92 bits per heavy atom. The van der Waals surface area contributed by atoms with Crippen LogP contribution in [0.4, 0.5) is 5.69 Å². The second-order valence-electron chi connectivity index (χ2n) is 4.52. The quantitative estimate of drug-likeness (QED) is 0.787. The molecule has 0 radical (unpaired) electrons. The SMILES string of the molecule is NS(=O)(=O)Oc1cccc(NC(=O)COc2ccc(Cl)cc2Cl)c1. The molecule has 0 aliphatic carbocycles. The first-order chi connectivity index (χ1) is 11.2. The van der Waals surface area contributed by atoms with Crippen LogP contribution in [-0.2, 0) is 15.1 Å². The number of carbonyl (C=O) groups excluding carboxylic acids is 1. The van der Waals surface area contributed by atoms with Crippen LogP contribution in [0.2, 0.25) is 10.0 Å². The molecular formula is C14H12Cl2N2O5S. The standard InChI is InChI=1S/C14H12Cl2N2O5S/c15-9-4-5-13(12(16)6-9)22-8-14(19)18-10-2-1-3-11(7-10)23-24(17,20)21/h1-7H,8H2,(H,18,19)(H2,17,20,21). The average Bonchev–Trinajstić information content (AvgIpc) is 2.45. The highest BCUT2D eigenvalue weighted by Crippen LogP contribution is 2.27. The molecule has 0 aliphatic rings. The fraction of sp³-hybridized carbons (Fsp3) is 0.0714. The van der Waals surface area contributed by atoms with Gasteiger partial charge in [0.25, 0.3) is 5.91 Å². The number of hydrogen-bond donors (Lipinski definition) is 2. The van der Waals surface area contributed by atoms with Gasteiger partial charge < -0.3 is 14.2 Å². The zero-order valence-electron chi connectivity index (χ0n) is 12.0. The molecule has 2 rings (SSSR count). The average molecular weight is 391 g/mol. The molecule has 2 aromatic rings. The minimum absolute atomic E-state index is 0.0306. The number of rotatable bonds is 6. The highest BCUT2D eigenvalue weighted by Gasteiger charge is 2.09. The van der Waals surface area contributed by atoms with Gasteiger partial charge in [-0.2, -0.15) is 13.6 Å². The summed E-state index contributed by atoms with van der Waals surface area (Å²) in [6.45, 7) is -0.304. The lowest BCUT2D eigenvalue weighted by Gasteiger charge is -2.10. The summed E-state index contributed by atoms with van der Waals surface area (Å²) in [5.74, 6) is -0.201. The summed E-state index contributed by atoms with van der Waals surface area (Å²) < 4.78 is 31.6. The topological polar surface area (TPSA) is 108 Å². The van der Waals surface area contributed by atoms with Crippen molar-refractivity contribution in [2.75, 3.05) is 11.9 Å². The van der Waals surface area contributed by atoms with Crippen molar-refractivity contribution in [3.63, 3.8) is 0 Å². The predicted octanol–water partition coefficient (Wildman–Crippen LogP) is 2.59. The Labute approximate surface area is 148 Å². The van der Waals surface area contributed by atoms with Gasteiger partial charge in [0.05, 0.1) is 5.02 Å². The van der Waals surface area contributed by atoms with Crippen molar-refractivity contribution in [2.24, 2.45) is 5.14 Å². The third-order valence-corrected chi connectivity index (χ3v) is 3.54. The Kier molecular flexibility index (Phi) is 5.89. The van der Waals surface area contributed by atoms with Crippen molar-refractivity contribution >= 4 is 45.1 Å². The number of nitrogens with one attached hydrogen (secondary N) is 1. The van der Waals surface area contributed by atoms with Crippen molar-refractivity contribution in [1.82, 2.24) is 0 Å². The molecular weight excluding hydrogens is 379 g/mol. The molecule has 0 heterocycles. The molecule has 0 saturated heterocycles. The van der Waals surface area contributed by atoms with Crippen molar-refractivity contribution in [3.05, 3.63) is 52.5 Å². The number of benzene rings is 2. The molecule has 0 aromatic heterocycles. The van der Waals surface area contributed by atoms with Gasteiger partial charge >= 0.3 is 10.3 Å². The smallest absolute Gasteiger partial charge is 0.380 e. The first kappa shape index (κ1) is 18.3. The van der Waals surface area contributed by atoms with E-state index in [4.69, 9.17) is 33.1 Å². The van der Waals surface area contributed by atoms with Crippen molar-refractivity contribution < 1.29 is 22.1 Å². The predicted molar refractivity (Wildman–Crippen MR) is 90.8 cm³/mol. The molecule has 128 valence electrons. The summed E-state index contributed by atoms with van der Waals surface area (Å²) in [6, 6.07) is 10.3. The zero-order valence-corrected chi connectivity index (χ0v) is 14.4. The Morgan fingerprint density at radius 3 is 2.58 bits per heavy atom. The molecule has 0 saturated carbocycles. The summed E-state index contributed by atoms with van der Waals surface area (Å²) >= 11 is 11.7. The van der Waals surface area contributed by atoms with Crippen LogP contribution in [-0.4, -0.2) is 20.9 Å². The van der Waals surface area contributed by atoms with Crippen molar-refractivity contribution in [2.45, 2.75) is 0 Å². The molecule has 0 unspecified atom stereocenters. The zero-order chi connectivity index (χ0) is 17.7. The van der Waals surface area contributed by atoms with Gasteiger partial charge in [-0.1, -0.05) is 29.3 Å². The van der Waals surface area contributed by atoms with E-state index in [-0.39, 0.29) is 17.4 Å². The van der Waals surface area contributed by atoms with Crippen LogP contribution in [0.25, 0.3) is 0 Å². The largest absolute Gasteiger partial charge is 0.482 e. The van der Waals surface area contributed by atoms with Gasteiger partial charge in [-0.15, -0.1) is 0 Å². The summed E-state index contributed by atoms with van der Waals surface area (Å²) in [6.07, 6.45) is 0. The van der Waals surface area contributed by atoms with Crippen LogP contribution in [0.5, 0.6) is 11.5 Å². The Bertz CT molecular complexity index is 858. The molecule has 0 spiro atoms. The molecule has 0 fully saturated rings. The van der Waals surface area contributed by atoms with Gasteiger partial charge in [0.15, 0.2) is 6.61 Å². The number of ether oxygens (including phenoxy) is 1. The van der Waals surface area contributed by atoms with E-state index in [2.05, 4.69) is 9.50 Å². The van der Waals surface area contributed by atoms with Gasteiger partial charge in [-0.25, -0.2) is 0 Å². The number of nitrogens with two attached hydrogens (primary N) is 1. The molecule has 0 bridgehead atoms. The summed E-state index contributed by atoms with van der Waals surface area (Å²) in [5.41, 5.74) is 0.312. The van der Waals surface area contributed by atoms with Crippen LogP contribution in [0.3, 0.4) is 0 Å². The minimum Gasteiger partial charge on any atom is -0.482 e. The molecule has 0 aliphatic heterocycles. The maximum Gasteiger partial charge on any atom is 0.380 e. The molecule has 7 nitrogen and oxygen atoms in total. The van der Waals surface area contributed by atoms with E-state index in [1.165, 1.54) is 24.3 Å². The monoisotopic (exact) mass is 390 g/mol. The van der Waals surface area contributed by atoms with E-state index >= 15 is 0 Å². The number of halogens is 2. The van der Waals surface area contributed by atoms with Crippen molar-refractivity contribution in [3.8, 4) is 11.5 Å². The number of anilines is 1. The summed E-state index contributed by atoms with van der Waals surface area (Å²) in [7, 11) is -4.14. The summed E-state index contributed by atoms with van der Waals surface area (Å²) in [5, 5.41) is 8.02. The Balaban J connectivity index is 1.96. The highest BCUT2D eigenvalue weighted by atomic mass is 35.5. The van der Waals surface area contributed by atoms with E-state index in [1.807, 2.05) is 0 Å². The van der Waals surface area contributed by atoms with E-state index in [0.717, 1.165) is 0 Å². The molecule has 10 heteroatoms. The van der Waals surface area contributed by atoms with Crippen LogP contribution in [0.1, 0.15) is 0 Å². The van der Waals surface area contributed by atoms with E-state index in [0.29, 0.717) is 16.5 Å². The lowest BCUT2D eigenvalue weighted by molar-refractivity contribution is -0.118. The van der Waals surface area contributed by atoms with Crippen LogP contribution >= 0.6 is 23.2 Å². The maximum atomic E-state index is 11.9. The molecule has 24 heavy (non-hydrogen) atoms. The second-order valence-corrected chi connectivity index (χ2v) is 6.51. The van der Waals surface area contributed by atoms with Crippen LogP contribution in [0, 0.1) is 0 Å². The number of carbonyl (C=O) groups is 1. The first-order valence-electron chi connectivity index (χ1n) is 6.43. The van der Waals surface area contributed by atoms with Gasteiger partial charge in [0, 0.05) is 16.8 Å². The van der Waals surface area contributed by atoms with E-state index < -0.39 is 16.2 Å². The molecule has 2 aromatic carbocycles. The van der Waals surface area contributed by atoms with Gasteiger partial charge in [-0.3, -0.25) is 4.79 Å². The van der Waals surface area contributed by atoms with Gasteiger partial charge in [-0.05, 0) is 30.3 Å².